The Balaban J connectivity index is 2.75. The van der Waals surface area contributed by atoms with Crippen LogP contribution < -0.4 is 4.74 Å². The Hall–Kier alpha value is -1.51. The first-order valence-electron chi connectivity index (χ1n) is 7.52. The molecule has 0 aromatic heterocycles. The second-order valence-corrected chi connectivity index (χ2v) is 5.35. The Morgan fingerprint density at radius 3 is 2.35 bits per heavy atom. The van der Waals surface area contributed by atoms with Gasteiger partial charge < -0.3 is 9.64 Å². The third-order valence-corrected chi connectivity index (χ3v) is 3.29. The van der Waals surface area contributed by atoms with Crippen LogP contribution >= 0.6 is 0 Å². The minimum Gasteiger partial charge on any atom is -0.481 e. The number of hydrogen-bond acceptors (Lipinski definition) is 2. The van der Waals surface area contributed by atoms with E-state index >= 15 is 0 Å². The summed E-state index contributed by atoms with van der Waals surface area (Å²) in [5.41, 5.74) is 2.21. The van der Waals surface area contributed by atoms with Gasteiger partial charge >= 0.3 is 0 Å². The highest BCUT2D eigenvalue weighted by molar-refractivity contribution is 5.81. The van der Waals surface area contributed by atoms with Gasteiger partial charge in [-0.3, -0.25) is 4.79 Å². The third kappa shape index (κ3) is 4.55. The summed E-state index contributed by atoms with van der Waals surface area (Å²) in [4.78, 5) is 14.3. The molecule has 0 spiro atoms. The van der Waals surface area contributed by atoms with Crippen molar-refractivity contribution in [1.29, 1.82) is 0 Å². The Morgan fingerprint density at radius 1 is 1.20 bits per heavy atom. The molecule has 1 unspecified atom stereocenters. The van der Waals surface area contributed by atoms with Gasteiger partial charge in [0.2, 0.25) is 0 Å². The van der Waals surface area contributed by atoms with Gasteiger partial charge in [-0.2, -0.15) is 0 Å². The highest BCUT2D eigenvalue weighted by atomic mass is 16.5. The molecule has 0 N–H and O–H groups in total. The fourth-order valence-corrected chi connectivity index (χ4v) is 2.20. The van der Waals surface area contributed by atoms with Crippen LogP contribution in [-0.2, 0) is 4.79 Å². The summed E-state index contributed by atoms with van der Waals surface area (Å²) >= 11 is 0. The van der Waals surface area contributed by atoms with E-state index in [1.165, 1.54) is 0 Å². The number of ether oxygens (including phenoxy) is 1. The van der Waals surface area contributed by atoms with Crippen LogP contribution in [0, 0.1) is 13.8 Å². The smallest absolute Gasteiger partial charge is 0.263 e. The predicted molar refractivity (Wildman–Crippen MR) is 83.2 cm³/mol. The predicted octanol–water partition coefficient (Wildman–Crippen LogP) is 3.72. The van der Waals surface area contributed by atoms with Crippen LogP contribution in [0.5, 0.6) is 5.75 Å². The summed E-state index contributed by atoms with van der Waals surface area (Å²) in [5.74, 6) is 0.883. The number of carbonyl (C=O) groups excluding carboxylic acids is 1. The molecule has 1 rings (SSSR count). The number of nitrogens with zero attached hydrogens (tertiary/aromatic N) is 1. The molecule has 112 valence electrons. The molecular weight excluding hydrogens is 250 g/mol. The quantitative estimate of drug-likeness (QED) is 0.760. The van der Waals surface area contributed by atoms with E-state index in [4.69, 9.17) is 4.74 Å². The second kappa shape index (κ2) is 7.93. The van der Waals surface area contributed by atoms with Crippen molar-refractivity contribution in [2.45, 2.75) is 53.6 Å². The van der Waals surface area contributed by atoms with E-state index in [0.29, 0.717) is 0 Å². The number of aryl methyl sites for hydroxylation is 2. The lowest BCUT2D eigenvalue weighted by molar-refractivity contribution is -0.138. The van der Waals surface area contributed by atoms with Crippen molar-refractivity contribution >= 4 is 5.91 Å². The van der Waals surface area contributed by atoms with Gasteiger partial charge in [-0.05, 0) is 50.8 Å². The molecule has 0 saturated heterocycles. The van der Waals surface area contributed by atoms with Crippen molar-refractivity contribution < 1.29 is 9.53 Å². The van der Waals surface area contributed by atoms with Gasteiger partial charge in [0.1, 0.15) is 5.75 Å². The standard InChI is InChI=1S/C17H27NO2/c1-6-10-18(11-7-2)17(19)15(5)20-16-12-13(3)8-9-14(16)4/h8-9,12,15H,6-7,10-11H2,1-5H3. The van der Waals surface area contributed by atoms with Crippen LogP contribution in [0.25, 0.3) is 0 Å². The van der Waals surface area contributed by atoms with Crippen LogP contribution in [0.4, 0.5) is 0 Å². The first-order valence-corrected chi connectivity index (χ1v) is 7.52. The summed E-state index contributed by atoms with van der Waals surface area (Å²) in [7, 11) is 0. The molecule has 0 aliphatic carbocycles. The van der Waals surface area contributed by atoms with Crippen molar-refractivity contribution in [3.8, 4) is 5.75 Å². The molecule has 3 heteroatoms. The van der Waals surface area contributed by atoms with Gasteiger partial charge in [-0.1, -0.05) is 26.0 Å². The zero-order valence-electron chi connectivity index (χ0n) is 13.4. The minimum atomic E-state index is -0.436. The first-order chi connectivity index (χ1) is 9.49. The summed E-state index contributed by atoms with van der Waals surface area (Å²) in [6.45, 7) is 11.6. The van der Waals surface area contributed by atoms with E-state index in [0.717, 1.165) is 42.8 Å². The van der Waals surface area contributed by atoms with Gasteiger partial charge in [0.05, 0.1) is 0 Å². The van der Waals surface area contributed by atoms with E-state index in [-0.39, 0.29) is 5.91 Å². The van der Waals surface area contributed by atoms with Crippen LogP contribution in [0.2, 0.25) is 0 Å². The lowest BCUT2D eigenvalue weighted by atomic mass is 10.1. The maximum Gasteiger partial charge on any atom is 0.263 e. The summed E-state index contributed by atoms with van der Waals surface area (Å²) in [5, 5.41) is 0. The number of rotatable bonds is 7. The lowest BCUT2D eigenvalue weighted by Gasteiger charge is -2.25. The molecule has 0 saturated carbocycles. The largest absolute Gasteiger partial charge is 0.481 e. The number of benzene rings is 1. The average molecular weight is 277 g/mol. The highest BCUT2D eigenvalue weighted by Gasteiger charge is 2.21. The molecule has 1 aromatic carbocycles. The molecule has 0 heterocycles. The molecule has 1 atom stereocenters. The van der Waals surface area contributed by atoms with Crippen LogP contribution in [0.3, 0.4) is 0 Å². The molecule has 0 aliphatic rings. The van der Waals surface area contributed by atoms with E-state index in [2.05, 4.69) is 19.9 Å². The first kappa shape index (κ1) is 16.5. The Bertz CT molecular complexity index is 437. The molecule has 0 fully saturated rings. The fourth-order valence-electron chi connectivity index (χ4n) is 2.20. The maximum absolute atomic E-state index is 12.4. The SMILES string of the molecule is CCCN(CCC)C(=O)C(C)Oc1cc(C)ccc1C. The Morgan fingerprint density at radius 2 is 1.80 bits per heavy atom. The van der Waals surface area contributed by atoms with Crippen LogP contribution in [-0.4, -0.2) is 30.0 Å². The van der Waals surface area contributed by atoms with E-state index in [9.17, 15) is 4.79 Å². The number of amides is 1. The summed E-state index contributed by atoms with van der Waals surface area (Å²) < 4.78 is 5.87. The second-order valence-electron chi connectivity index (χ2n) is 5.35. The van der Waals surface area contributed by atoms with Gasteiger partial charge in [-0.25, -0.2) is 0 Å². The van der Waals surface area contributed by atoms with Crippen molar-refractivity contribution in [2.75, 3.05) is 13.1 Å². The van der Waals surface area contributed by atoms with Gasteiger partial charge in [-0.15, -0.1) is 0 Å². The maximum atomic E-state index is 12.4. The van der Waals surface area contributed by atoms with Crippen molar-refractivity contribution in [1.82, 2.24) is 4.90 Å². The summed E-state index contributed by atoms with van der Waals surface area (Å²) in [6.07, 6.45) is 1.51. The Labute approximate surface area is 122 Å². The molecule has 0 radical (unpaired) electrons. The zero-order valence-corrected chi connectivity index (χ0v) is 13.4. The average Bonchev–Trinajstić information content (AvgIpc) is 2.41. The molecular formula is C17H27NO2. The van der Waals surface area contributed by atoms with Crippen molar-refractivity contribution in [3.05, 3.63) is 29.3 Å². The molecule has 3 nitrogen and oxygen atoms in total. The number of carbonyl (C=O) groups is 1. The molecule has 1 aromatic rings. The monoisotopic (exact) mass is 277 g/mol. The van der Waals surface area contributed by atoms with E-state index in [1.54, 1.807) is 0 Å². The molecule has 0 bridgehead atoms. The van der Waals surface area contributed by atoms with E-state index < -0.39 is 6.10 Å². The topological polar surface area (TPSA) is 29.5 Å². The lowest BCUT2D eigenvalue weighted by Crippen LogP contribution is -2.41. The van der Waals surface area contributed by atoms with Gasteiger partial charge in [0.15, 0.2) is 6.10 Å². The normalized spacial score (nSPS) is 12.1. The number of hydrogen-bond donors (Lipinski definition) is 0. The van der Waals surface area contributed by atoms with Crippen molar-refractivity contribution in [2.24, 2.45) is 0 Å². The van der Waals surface area contributed by atoms with Gasteiger partial charge in [0.25, 0.3) is 5.91 Å². The minimum absolute atomic E-state index is 0.0783. The van der Waals surface area contributed by atoms with Crippen LogP contribution in [0.15, 0.2) is 18.2 Å². The fraction of sp³-hybridized carbons (Fsp3) is 0.588. The Kier molecular flexibility index (Phi) is 6.56. The molecule has 0 aliphatic heterocycles. The zero-order chi connectivity index (χ0) is 15.1. The molecule has 1 amide bonds. The van der Waals surface area contributed by atoms with Gasteiger partial charge in [0, 0.05) is 13.1 Å². The third-order valence-electron chi connectivity index (χ3n) is 3.29. The highest BCUT2D eigenvalue weighted by Crippen LogP contribution is 2.21. The summed E-state index contributed by atoms with van der Waals surface area (Å²) in [6, 6.07) is 6.07. The van der Waals surface area contributed by atoms with Crippen molar-refractivity contribution in [3.63, 3.8) is 0 Å². The molecule has 20 heavy (non-hydrogen) atoms. The van der Waals surface area contributed by atoms with Crippen LogP contribution in [0.1, 0.15) is 44.7 Å². The van der Waals surface area contributed by atoms with E-state index in [1.807, 2.05) is 37.8 Å².